The lowest BCUT2D eigenvalue weighted by atomic mass is 10.1. The summed E-state index contributed by atoms with van der Waals surface area (Å²) in [6.07, 6.45) is -1.52. The van der Waals surface area contributed by atoms with Gasteiger partial charge >= 0.3 is 6.18 Å². The minimum Gasteiger partial charge on any atom is -0.392 e. The average molecular weight is 303 g/mol. The van der Waals surface area contributed by atoms with Gasteiger partial charge in [0.2, 0.25) is 0 Å². The Morgan fingerprint density at radius 3 is 2.33 bits per heavy atom. The fourth-order valence-electron chi connectivity index (χ4n) is 2.35. The number of aliphatic hydroxyl groups excluding tert-OH is 1. The number of benzene rings is 1. The number of hydrogen-bond donors (Lipinski definition) is 1. The van der Waals surface area contributed by atoms with Crippen LogP contribution in [0.25, 0.3) is 0 Å². The van der Waals surface area contributed by atoms with Gasteiger partial charge in [0.05, 0.1) is 12.2 Å². The van der Waals surface area contributed by atoms with E-state index in [1.807, 2.05) is 13.8 Å². The monoisotopic (exact) mass is 303 g/mol. The Labute approximate surface area is 124 Å². The van der Waals surface area contributed by atoms with Crippen molar-refractivity contribution in [3.63, 3.8) is 0 Å². The molecule has 1 aromatic rings. The predicted molar refractivity (Wildman–Crippen MR) is 79.4 cm³/mol. The van der Waals surface area contributed by atoms with Crippen molar-refractivity contribution in [2.45, 2.75) is 58.9 Å². The van der Waals surface area contributed by atoms with Crippen LogP contribution >= 0.6 is 0 Å². The second-order valence-electron chi connectivity index (χ2n) is 5.50. The molecule has 0 saturated carbocycles. The minimum absolute atomic E-state index is 0.0112. The summed E-state index contributed by atoms with van der Waals surface area (Å²) < 4.78 is 39.8. The van der Waals surface area contributed by atoms with Gasteiger partial charge in [-0.25, -0.2) is 0 Å². The van der Waals surface area contributed by atoms with Crippen LogP contribution in [0.15, 0.2) is 18.2 Å². The van der Waals surface area contributed by atoms with Crippen LogP contribution in [0.3, 0.4) is 0 Å². The third kappa shape index (κ3) is 4.92. The summed E-state index contributed by atoms with van der Waals surface area (Å²) >= 11 is 0. The highest BCUT2D eigenvalue weighted by atomic mass is 19.4. The summed E-state index contributed by atoms with van der Waals surface area (Å²) in [7, 11) is 0. The predicted octanol–water partition coefficient (Wildman–Crippen LogP) is 4.60. The Morgan fingerprint density at radius 2 is 1.86 bits per heavy atom. The zero-order chi connectivity index (χ0) is 16.0. The van der Waals surface area contributed by atoms with Crippen LogP contribution in [0, 0.1) is 0 Å². The van der Waals surface area contributed by atoms with Crippen LogP contribution in [0.2, 0.25) is 0 Å². The Morgan fingerprint density at radius 1 is 1.19 bits per heavy atom. The van der Waals surface area contributed by atoms with E-state index in [1.165, 1.54) is 6.07 Å². The summed E-state index contributed by atoms with van der Waals surface area (Å²) in [4.78, 5) is 1.79. The summed E-state index contributed by atoms with van der Waals surface area (Å²) in [6, 6.07) is 4.06. The maximum absolute atomic E-state index is 13.3. The van der Waals surface area contributed by atoms with Crippen molar-refractivity contribution < 1.29 is 18.3 Å². The number of aliphatic hydroxyl groups is 1. The van der Waals surface area contributed by atoms with E-state index < -0.39 is 11.7 Å². The van der Waals surface area contributed by atoms with Gasteiger partial charge in [-0.3, -0.25) is 0 Å². The van der Waals surface area contributed by atoms with Gasteiger partial charge in [0.25, 0.3) is 0 Å². The summed E-state index contributed by atoms with van der Waals surface area (Å²) in [5, 5.41) is 9.06. The van der Waals surface area contributed by atoms with Crippen molar-refractivity contribution in [1.82, 2.24) is 0 Å². The third-order valence-corrected chi connectivity index (χ3v) is 3.48. The molecule has 0 spiro atoms. The topological polar surface area (TPSA) is 23.5 Å². The first-order valence-electron chi connectivity index (χ1n) is 7.38. The van der Waals surface area contributed by atoms with Crippen LogP contribution in [-0.4, -0.2) is 17.7 Å². The minimum atomic E-state index is -4.42. The first-order chi connectivity index (χ1) is 9.81. The van der Waals surface area contributed by atoms with Gasteiger partial charge in [-0.2, -0.15) is 13.2 Å². The summed E-state index contributed by atoms with van der Waals surface area (Å²) in [5.41, 5.74) is -0.187. The fraction of sp³-hybridized carbons (Fsp3) is 0.625. The van der Waals surface area contributed by atoms with Gasteiger partial charge in [0.15, 0.2) is 0 Å². The molecule has 0 heterocycles. The van der Waals surface area contributed by atoms with E-state index in [0.717, 1.165) is 25.3 Å². The SMILES string of the molecule is CCCCCN(c1ccc(CO)cc1C(F)(F)F)C(C)C. The number of anilines is 1. The number of unbranched alkanes of at least 4 members (excludes halogenated alkanes) is 2. The first kappa shape index (κ1) is 17.8. The normalized spacial score (nSPS) is 12.0. The number of rotatable bonds is 7. The zero-order valence-corrected chi connectivity index (χ0v) is 12.9. The van der Waals surface area contributed by atoms with Crippen molar-refractivity contribution >= 4 is 5.69 Å². The quantitative estimate of drug-likeness (QED) is 0.744. The number of nitrogens with zero attached hydrogens (tertiary/aromatic N) is 1. The Bertz CT molecular complexity index is 444. The Balaban J connectivity index is 3.17. The standard InChI is InChI=1S/C16H24F3NO/c1-4-5-6-9-20(12(2)3)15-8-7-13(11-21)10-14(15)16(17,18)19/h7-8,10,12,21H,4-6,9,11H2,1-3H3. The van der Waals surface area contributed by atoms with Gasteiger partial charge < -0.3 is 10.0 Å². The lowest BCUT2D eigenvalue weighted by Crippen LogP contribution is -2.33. The van der Waals surface area contributed by atoms with Gasteiger partial charge in [0, 0.05) is 18.3 Å². The van der Waals surface area contributed by atoms with E-state index in [4.69, 9.17) is 5.11 Å². The molecule has 1 rings (SSSR count). The molecule has 1 aromatic carbocycles. The van der Waals surface area contributed by atoms with Crippen molar-refractivity contribution in [3.05, 3.63) is 29.3 Å². The molecule has 0 fully saturated rings. The maximum Gasteiger partial charge on any atom is 0.418 e. The molecule has 0 amide bonds. The number of alkyl halides is 3. The van der Waals surface area contributed by atoms with Crippen LogP contribution < -0.4 is 4.90 Å². The molecule has 1 N–H and O–H groups in total. The third-order valence-electron chi connectivity index (χ3n) is 3.48. The smallest absolute Gasteiger partial charge is 0.392 e. The van der Waals surface area contributed by atoms with E-state index in [9.17, 15) is 13.2 Å². The lowest BCUT2D eigenvalue weighted by molar-refractivity contribution is -0.137. The maximum atomic E-state index is 13.3. The van der Waals surface area contributed by atoms with Crippen molar-refractivity contribution in [2.75, 3.05) is 11.4 Å². The highest BCUT2D eigenvalue weighted by molar-refractivity contribution is 5.57. The highest BCUT2D eigenvalue weighted by Crippen LogP contribution is 2.38. The highest BCUT2D eigenvalue weighted by Gasteiger charge is 2.35. The average Bonchev–Trinajstić information content (AvgIpc) is 2.42. The Kier molecular flexibility index (Phi) is 6.52. The lowest BCUT2D eigenvalue weighted by Gasteiger charge is -2.31. The van der Waals surface area contributed by atoms with Gasteiger partial charge in [0.1, 0.15) is 0 Å². The molecule has 0 bridgehead atoms. The molecule has 0 radical (unpaired) electrons. The van der Waals surface area contributed by atoms with Crippen molar-refractivity contribution in [2.24, 2.45) is 0 Å². The van der Waals surface area contributed by atoms with Gasteiger partial charge in [-0.05, 0) is 38.0 Å². The van der Waals surface area contributed by atoms with Crippen LogP contribution in [0.4, 0.5) is 18.9 Å². The summed E-state index contributed by atoms with van der Waals surface area (Å²) in [5.74, 6) is 0. The van der Waals surface area contributed by atoms with E-state index in [2.05, 4.69) is 6.92 Å². The molecule has 2 nitrogen and oxygen atoms in total. The van der Waals surface area contributed by atoms with Crippen LogP contribution in [0.5, 0.6) is 0 Å². The molecule has 120 valence electrons. The number of hydrogen-bond acceptors (Lipinski definition) is 2. The first-order valence-corrected chi connectivity index (χ1v) is 7.38. The number of halogens is 3. The molecule has 0 atom stereocenters. The Hall–Kier alpha value is -1.23. The zero-order valence-electron chi connectivity index (χ0n) is 12.9. The van der Waals surface area contributed by atoms with E-state index >= 15 is 0 Å². The molecule has 0 aliphatic carbocycles. The molecule has 0 aliphatic heterocycles. The van der Waals surface area contributed by atoms with Crippen molar-refractivity contribution in [1.29, 1.82) is 0 Å². The molecule has 0 saturated heterocycles. The molecule has 0 aromatic heterocycles. The summed E-state index contributed by atoms with van der Waals surface area (Å²) in [6.45, 7) is 6.07. The van der Waals surface area contributed by atoms with E-state index in [1.54, 1.807) is 11.0 Å². The van der Waals surface area contributed by atoms with Crippen molar-refractivity contribution in [3.8, 4) is 0 Å². The largest absolute Gasteiger partial charge is 0.418 e. The molecule has 5 heteroatoms. The van der Waals surface area contributed by atoms with E-state index in [-0.39, 0.29) is 23.9 Å². The molecular weight excluding hydrogens is 279 g/mol. The second kappa shape index (κ2) is 7.69. The van der Waals surface area contributed by atoms with Crippen LogP contribution in [0.1, 0.15) is 51.2 Å². The second-order valence-corrected chi connectivity index (χ2v) is 5.50. The van der Waals surface area contributed by atoms with E-state index in [0.29, 0.717) is 6.54 Å². The molecule has 0 unspecified atom stereocenters. The van der Waals surface area contributed by atoms with Gasteiger partial charge in [-0.1, -0.05) is 25.8 Å². The molecular formula is C16H24F3NO. The molecule has 21 heavy (non-hydrogen) atoms. The molecule has 0 aliphatic rings. The van der Waals surface area contributed by atoms with Crippen LogP contribution in [-0.2, 0) is 12.8 Å². The fourth-order valence-corrected chi connectivity index (χ4v) is 2.35. The van der Waals surface area contributed by atoms with Gasteiger partial charge in [-0.15, -0.1) is 0 Å².